The molecular weight excluding hydrogens is 331 g/mol. The summed E-state index contributed by atoms with van der Waals surface area (Å²) in [6.45, 7) is 6.56. The maximum absolute atomic E-state index is 13.9. The summed E-state index contributed by atoms with van der Waals surface area (Å²) in [4.78, 5) is 20.7. The lowest BCUT2D eigenvalue weighted by molar-refractivity contribution is 0.0741. The van der Waals surface area contributed by atoms with Crippen LogP contribution >= 0.6 is 0 Å². The van der Waals surface area contributed by atoms with Gasteiger partial charge in [-0.25, -0.2) is 9.37 Å². The van der Waals surface area contributed by atoms with Crippen LogP contribution in [0.5, 0.6) is 0 Å². The van der Waals surface area contributed by atoms with Crippen molar-refractivity contribution in [3.8, 4) is 0 Å². The highest BCUT2D eigenvalue weighted by Crippen LogP contribution is 2.20. The van der Waals surface area contributed by atoms with Crippen LogP contribution in [-0.2, 0) is 0 Å². The van der Waals surface area contributed by atoms with Gasteiger partial charge in [-0.15, -0.1) is 0 Å². The van der Waals surface area contributed by atoms with E-state index in [0.717, 1.165) is 12.1 Å². The van der Waals surface area contributed by atoms with Gasteiger partial charge in [0.2, 0.25) is 0 Å². The van der Waals surface area contributed by atoms with Crippen LogP contribution in [0.4, 0.5) is 15.8 Å². The summed E-state index contributed by atoms with van der Waals surface area (Å²) in [7, 11) is 0. The number of hydrogen-bond donors (Lipinski definition) is 1. The number of carbonyl (C=O) groups is 1. The van der Waals surface area contributed by atoms with Gasteiger partial charge >= 0.3 is 0 Å². The number of hydrogen-bond acceptors (Lipinski definition) is 4. The smallest absolute Gasteiger partial charge is 0.272 e. The average molecular weight is 356 g/mol. The zero-order valence-corrected chi connectivity index (χ0v) is 15.3. The van der Waals surface area contributed by atoms with Crippen LogP contribution in [0.15, 0.2) is 42.6 Å². The lowest BCUT2D eigenvalue weighted by Gasteiger charge is -2.36. The summed E-state index contributed by atoms with van der Waals surface area (Å²) in [5.74, 6) is -0.299. The third kappa shape index (κ3) is 4.12. The van der Waals surface area contributed by atoms with Gasteiger partial charge in [-0.05, 0) is 37.6 Å². The normalized spacial score (nSPS) is 15.7. The van der Waals surface area contributed by atoms with Crippen molar-refractivity contribution in [2.45, 2.75) is 26.3 Å². The van der Waals surface area contributed by atoms with Crippen LogP contribution in [0.25, 0.3) is 0 Å². The number of anilines is 2. The molecule has 1 amide bonds. The number of rotatable bonds is 5. The number of nitrogens with zero attached hydrogens (tertiary/aromatic N) is 3. The Balaban J connectivity index is 1.59. The van der Waals surface area contributed by atoms with E-state index in [1.54, 1.807) is 29.3 Å². The highest BCUT2D eigenvalue weighted by atomic mass is 19.1. The van der Waals surface area contributed by atoms with Gasteiger partial charge in [0.15, 0.2) is 0 Å². The summed E-state index contributed by atoms with van der Waals surface area (Å²) in [6, 6.07) is 10.8. The monoisotopic (exact) mass is 356 g/mol. The Morgan fingerprint density at radius 3 is 2.54 bits per heavy atom. The molecule has 1 aromatic heterocycles. The SMILES string of the molecule is CCC(C)Nc1ccc(C(=O)N2CCN(c3ccccc3F)CC2)nc1. The van der Waals surface area contributed by atoms with Crippen LogP contribution in [0.3, 0.4) is 0 Å². The number of amides is 1. The number of para-hydroxylation sites is 1. The molecule has 0 radical (unpaired) electrons. The fraction of sp³-hybridized carbons (Fsp3) is 0.400. The summed E-state index contributed by atoms with van der Waals surface area (Å²) in [5.41, 5.74) is 1.96. The summed E-state index contributed by atoms with van der Waals surface area (Å²) >= 11 is 0. The van der Waals surface area contributed by atoms with E-state index in [9.17, 15) is 9.18 Å². The quantitative estimate of drug-likeness (QED) is 0.892. The standard InChI is InChI=1S/C20H25FN4O/c1-3-15(2)23-16-8-9-18(22-14-16)20(26)25-12-10-24(11-13-25)19-7-5-4-6-17(19)21/h4-9,14-15,23H,3,10-13H2,1-2H3. The maximum Gasteiger partial charge on any atom is 0.272 e. The average Bonchev–Trinajstić information content (AvgIpc) is 2.68. The number of carbonyl (C=O) groups excluding carboxylic acids is 1. The first-order valence-electron chi connectivity index (χ1n) is 9.10. The van der Waals surface area contributed by atoms with Crippen molar-refractivity contribution in [3.05, 3.63) is 54.1 Å². The first-order chi connectivity index (χ1) is 12.6. The van der Waals surface area contributed by atoms with E-state index in [0.29, 0.717) is 43.6 Å². The molecule has 5 nitrogen and oxygen atoms in total. The molecule has 1 saturated heterocycles. The molecule has 138 valence electrons. The van der Waals surface area contributed by atoms with Gasteiger partial charge in [0.25, 0.3) is 5.91 Å². The van der Waals surface area contributed by atoms with Crippen LogP contribution < -0.4 is 10.2 Å². The first-order valence-corrected chi connectivity index (χ1v) is 9.10. The number of pyridine rings is 1. The molecule has 0 aliphatic carbocycles. The number of nitrogens with one attached hydrogen (secondary N) is 1. The van der Waals surface area contributed by atoms with Crippen LogP contribution in [0, 0.1) is 5.82 Å². The Morgan fingerprint density at radius 1 is 1.19 bits per heavy atom. The molecule has 6 heteroatoms. The molecule has 1 aliphatic heterocycles. The second-order valence-corrected chi connectivity index (χ2v) is 6.62. The van der Waals surface area contributed by atoms with Crippen molar-refractivity contribution in [1.82, 2.24) is 9.88 Å². The highest BCUT2D eigenvalue weighted by molar-refractivity contribution is 5.92. The summed E-state index contributed by atoms with van der Waals surface area (Å²) < 4.78 is 13.9. The molecule has 1 aliphatic rings. The molecule has 3 rings (SSSR count). The molecule has 1 fully saturated rings. The van der Waals surface area contributed by atoms with Gasteiger partial charge in [0, 0.05) is 32.2 Å². The first kappa shape index (κ1) is 18.2. The van der Waals surface area contributed by atoms with E-state index in [4.69, 9.17) is 0 Å². The number of halogens is 1. The van der Waals surface area contributed by atoms with Crippen molar-refractivity contribution in [3.63, 3.8) is 0 Å². The Labute approximate surface area is 153 Å². The van der Waals surface area contributed by atoms with Crippen molar-refractivity contribution in [2.24, 2.45) is 0 Å². The maximum atomic E-state index is 13.9. The molecule has 0 spiro atoms. The predicted octanol–water partition coefficient (Wildman–Crippen LogP) is 3.39. The van der Waals surface area contributed by atoms with Crippen molar-refractivity contribution < 1.29 is 9.18 Å². The molecule has 2 heterocycles. The minimum absolute atomic E-state index is 0.0757. The number of benzene rings is 1. The minimum Gasteiger partial charge on any atom is -0.381 e. The minimum atomic E-state index is -0.224. The fourth-order valence-electron chi connectivity index (χ4n) is 3.01. The lowest BCUT2D eigenvalue weighted by Crippen LogP contribution is -2.49. The molecule has 0 bridgehead atoms. The topological polar surface area (TPSA) is 48.5 Å². The van der Waals surface area contributed by atoms with Gasteiger partial charge < -0.3 is 15.1 Å². The van der Waals surface area contributed by atoms with Crippen LogP contribution in [0.2, 0.25) is 0 Å². The number of aromatic nitrogens is 1. The Bertz CT molecular complexity index is 742. The molecule has 0 saturated carbocycles. The van der Waals surface area contributed by atoms with E-state index < -0.39 is 0 Å². The molecule has 2 aromatic rings. The molecule has 1 N–H and O–H groups in total. The van der Waals surface area contributed by atoms with E-state index in [1.807, 2.05) is 17.0 Å². The van der Waals surface area contributed by atoms with Gasteiger partial charge in [0.1, 0.15) is 11.5 Å². The van der Waals surface area contributed by atoms with E-state index in [2.05, 4.69) is 24.1 Å². The fourth-order valence-corrected chi connectivity index (χ4v) is 3.01. The zero-order valence-electron chi connectivity index (χ0n) is 15.3. The number of piperazine rings is 1. The highest BCUT2D eigenvalue weighted by Gasteiger charge is 2.24. The molecular formula is C20H25FN4O. The van der Waals surface area contributed by atoms with Gasteiger partial charge in [0.05, 0.1) is 17.6 Å². The third-order valence-electron chi connectivity index (χ3n) is 4.77. The van der Waals surface area contributed by atoms with Crippen molar-refractivity contribution in [1.29, 1.82) is 0 Å². The van der Waals surface area contributed by atoms with E-state index in [-0.39, 0.29) is 11.7 Å². The van der Waals surface area contributed by atoms with E-state index >= 15 is 0 Å². The Kier molecular flexibility index (Phi) is 5.71. The Hall–Kier alpha value is -2.63. The van der Waals surface area contributed by atoms with Gasteiger partial charge in [-0.3, -0.25) is 4.79 Å². The Morgan fingerprint density at radius 2 is 1.92 bits per heavy atom. The van der Waals surface area contributed by atoms with Crippen molar-refractivity contribution >= 4 is 17.3 Å². The lowest BCUT2D eigenvalue weighted by atomic mass is 10.2. The predicted molar refractivity (Wildman–Crippen MR) is 102 cm³/mol. The van der Waals surface area contributed by atoms with Crippen molar-refractivity contribution in [2.75, 3.05) is 36.4 Å². The largest absolute Gasteiger partial charge is 0.381 e. The molecule has 1 unspecified atom stereocenters. The second-order valence-electron chi connectivity index (χ2n) is 6.62. The van der Waals surface area contributed by atoms with Crippen LogP contribution in [-0.4, -0.2) is 48.0 Å². The molecule has 1 atom stereocenters. The summed E-state index contributed by atoms with van der Waals surface area (Å²) in [6.07, 6.45) is 2.72. The summed E-state index contributed by atoms with van der Waals surface area (Å²) in [5, 5.41) is 3.34. The van der Waals surface area contributed by atoms with Crippen LogP contribution in [0.1, 0.15) is 30.8 Å². The van der Waals surface area contributed by atoms with Gasteiger partial charge in [-0.2, -0.15) is 0 Å². The van der Waals surface area contributed by atoms with Gasteiger partial charge in [-0.1, -0.05) is 19.1 Å². The molecule has 1 aromatic carbocycles. The third-order valence-corrected chi connectivity index (χ3v) is 4.77. The van der Waals surface area contributed by atoms with E-state index in [1.165, 1.54) is 6.07 Å². The molecule has 26 heavy (non-hydrogen) atoms. The second kappa shape index (κ2) is 8.17. The zero-order chi connectivity index (χ0) is 18.5.